The number of fused-ring (bicyclic) bond motifs is 1. The van der Waals surface area contributed by atoms with E-state index in [0.717, 1.165) is 43.5 Å². The molecular weight excluding hydrogens is 303 g/mol. The van der Waals surface area contributed by atoms with E-state index in [0.29, 0.717) is 23.5 Å². The molecule has 6 heteroatoms. The van der Waals surface area contributed by atoms with Crippen LogP contribution >= 0.6 is 0 Å². The van der Waals surface area contributed by atoms with E-state index in [1.54, 1.807) is 12.3 Å². The normalized spacial score (nSPS) is 18.9. The predicted molar refractivity (Wildman–Crippen MR) is 81.9 cm³/mol. The van der Waals surface area contributed by atoms with Crippen LogP contribution in [0.1, 0.15) is 24.8 Å². The third kappa shape index (κ3) is 3.24. The van der Waals surface area contributed by atoms with Crippen LogP contribution in [0, 0.1) is 17.2 Å². The summed E-state index contributed by atoms with van der Waals surface area (Å²) in [5.74, 6) is 0.999. The SMILES string of the molecule is N#CCC1CCCN(c2nccc3cc(C(F)(F)F)ccc23)C1. The maximum absolute atomic E-state index is 12.9. The first-order valence-electron chi connectivity index (χ1n) is 7.57. The van der Waals surface area contributed by atoms with Gasteiger partial charge in [0, 0.05) is 31.1 Å². The van der Waals surface area contributed by atoms with Gasteiger partial charge in [0.1, 0.15) is 5.82 Å². The Morgan fingerprint density at radius 2 is 2.13 bits per heavy atom. The van der Waals surface area contributed by atoms with Crippen molar-refractivity contribution < 1.29 is 13.2 Å². The number of piperidine rings is 1. The summed E-state index contributed by atoms with van der Waals surface area (Å²) < 4.78 is 38.6. The minimum atomic E-state index is -4.35. The van der Waals surface area contributed by atoms with Crippen LogP contribution in [0.5, 0.6) is 0 Å². The second-order valence-electron chi connectivity index (χ2n) is 5.88. The molecule has 1 saturated heterocycles. The zero-order valence-electron chi connectivity index (χ0n) is 12.5. The van der Waals surface area contributed by atoms with Gasteiger partial charge in [0.05, 0.1) is 11.6 Å². The maximum atomic E-state index is 12.9. The highest BCUT2D eigenvalue weighted by Gasteiger charge is 2.31. The molecule has 2 heterocycles. The first-order valence-corrected chi connectivity index (χ1v) is 7.57. The largest absolute Gasteiger partial charge is 0.416 e. The number of anilines is 1. The lowest BCUT2D eigenvalue weighted by molar-refractivity contribution is -0.137. The second kappa shape index (κ2) is 6.07. The molecule has 1 unspecified atom stereocenters. The van der Waals surface area contributed by atoms with Gasteiger partial charge in [0.2, 0.25) is 0 Å². The highest BCUT2D eigenvalue weighted by Crippen LogP contribution is 2.34. The Kier molecular flexibility index (Phi) is 4.12. The molecule has 3 nitrogen and oxygen atoms in total. The average Bonchev–Trinajstić information content (AvgIpc) is 2.53. The molecule has 23 heavy (non-hydrogen) atoms. The number of alkyl halides is 3. The maximum Gasteiger partial charge on any atom is 0.416 e. The van der Waals surface area contributed by atoms with Crippen molar-refractivity contribution in [1.29, 1.82) is 5.26 Å². The van der Waals surface area contributed by atoms with Gasteiger partial charge in [-0.2, -0.15) is 18.4 Å². The van der Waals surface area contributed by atoms with Gasteiger partial charge in [-0.05, 0) is 42.3 Å². The van der Waals surface area contributed by atoms with E-state index in [-0.39, 0.29) is 0 Å². The van der Waals surface area contributed by atoms with Crippen molar-refractivity contribution in [2.24, 2.45) is 5.92 Å². The highest BCUT2D eigenvalue weighted by atomic mass is 19.4. The molecule has 1 aliphatic heterocycles. The van der Waals surface area contributed by atoms with Crippen LogP contribution in [0.4, 0.5) is 19.0 Å². The molecule has 1 fully saturated rings. The van der Waals surface area contributed by atoms with Crippen molar-refractivity contribution in [3.05, 3.63) is 36.0 Å². The van der Waals surface area contributed by atoms with Crippen molar-refractivity contribution in [3.63, 3.8) is 0 Å². The Morgan fingerprint density at radius 3 is 2.87 bits per heavy atom. The Hall–Kier alpha value is -2.29. The molecule has 0 saturated carbocycles. The fourth-order valence-electron chi connectivity index (χ4n) is 3.14. The summed E-state index contributed by atoms with van der Waals surface area (Å²) in [6.45, 7) is 1.54. The van der Waals surface area contributed by atoms with Crippen molar-refractivity contribution in [2.75, 3.05) is 18.0 Å². The summed E-state index contributed by atoms with van der Waals surface area (Å²) in [6.07, 6.45) is -0.329. The standard InChI is InChI=1S/C17H16F3N3/c18-17(19,20)14-3-4-15-13(10-14)6-8-22-16(15)23-9-1-2-12(11-23)5-7-21/h3-4,6,8,10,12H,1-2,5,9,11H2. The molecular formula is C17H16F3N3. The fraction of sp³-hybridized carbons (Fsp3) is 0.412. The lowest BCUT2D eigenvalue weighted by Crippen LogP contribution is -2.35. The van der Waals surface area contributed by atoms with Gasteiger partial charge >= 0.3 is 6.18 Å². The molecule has 0 aliphatic carbocycles. The van der Waals surface area contributed by atoms with E-state index in [9.17, 15) is 13.2 Å². The van der Waals surface area contributed by atoms with Gasteiger partial charge in [-0.3, -0.25) is 0 Å². The van der Waals surface area contributed by atoms with Crippen LogP contribution in [0.2, 0.25) is 0 Å². The number of pyridine rings is 1. The van der Waals surface area contributed by atoms with E-state index in [2.05, 4.69) is 16.0 Å². The van der Waals surface area contributed by atoms with Crippen LogP contribution in [-0.4, -0.2) is 18.1 Å². The van der Waals surface area contributed by atoms with E-state index < -0.39 is 11.7 Å². The molecule has 3 rings (SSSR count). The molecule has 2 aromatic rings. The first-order chi connectivity index (χ1) is 11.0. The van der Waals surface area contributed by atoms with E-state index >= 15 is 0 Å². The second-order valence-corrected chi connectivity index (χ2v) is 5.88. The van der Waals surface area contributed by atoms with Gasteiger partial charge < -0.3 is 4.90 Å². The number of rotatable bonds is 2. The van der Waals surface area contributed by atoms with Crippen molar-refractivity contribution >= 4 is 16.6 Å². The zero-order chi connectivity index (χ0) is 16.4. The summed E-state index contributed by atoms with van der Waals surface area (Å²) in [7, 11) is 0. The van der Waals surface area contributed by atoms with Crippen LogP contribution in [0.15, 0.2) is 30.5 Å². The Balaban J connectivity index is 1.97. The lowest BCUT2D eigenvalue weighted by Gasteiger charge is -2.33. The van der Waals surface area contributed by atoms with Crippen LogP contribution in [0.3, 0.4) is 0 Å². The quantitative estimate of drug-likeness (QED) is 0.824. The molecule has 1 aromatic heterocycles. The molecule has 120 valence electrons. The van der Waals surface area contributed by atoms with Crippen molar-refractivity contribution in [3.8, 4) is 6.07 Å². The van der Waals surface area contributed by atoms with Gasteiger partial charge in [-0.1, -0.05) is 6.07 Å². The Morgan fingerprint density at radius 1 is 1.30 bits per heavy atom. The van der Waals surface area contributed by atoms with Crippen LogP contribution in [0.25, 0.3) is 10.8 Å². The van der Waals surface area contributed by atoms with E-state index in [1.165, 1.54) is 6.07 Å². The van der Waals surface area contributed by atoms with Gasteiger partial charge in [0.25, 0.3) is 0 Å². The number of benzene rings is 1. The van der Waals surface area contributed by atoms with E-state index in [1.807, 2.05) is 0 Å². The third-order valence-corrected chi connectivity index (χ3v) is 4.27. The number of nitrogens with zero attached hydrogens (tertiary/aromatic N) is 3. The smallest absolute Gasteiger partial charge is 0.356 e. The molecule has 0 N–H and O–H groups in total. The highest BCUT2D eigenvalue weighted by molar-refractivity contribution is 5.92. The summed E-state index contributed by atoms with van der Waals surface area (Å²) in [5.41, 5.74) is -0.650. The zero-order valence-corrected chi connectivity index (χ0v) is 12.5. The van der Waals surface area contributed by atoms with E-state index in [4.69, 9.17) is 5.26 Å². The molecule has 0 bridgehead atoms. The summed E-state index contributed by atoms with van der Waals surface area (Å²) in [6, 6.07) is 7.56. The topological polar surface area (TPSA) is 39.9 Å². The number of halogens is 3. The van der Waals surface area contributed by atoms with Gasteiger partial charge in [-0.25, -0.2) is 4.98 Å². The predicted octanol–water partition coefficient (Wildman–Crippen LogP) is 4.38. The van der Waals surface area contributed by atoms with Gasteiger partial charge in [0.15, 0.2) is 0 Å². The van der Waals surface area contributed by atoms with Gasteiger partial charge in [-0.15, -0.1) is 0 Å². The third-order valence-electron chi connectivity index (χ3n) is 4.27. The molecule has 0 spiro atoms. The molecule has 0 amide bonds. The minimum absolute atomic E-state index is 0.292. The molecule has 1 aliphatic rings. The average molecular weight is 319 g/mol. The number of nitriles is 1. The summed E-state index contributed by atoms with van der Waals surface area (Å²) in [5, 5.41) is 10.1. The number of hydrogen-bond donors (Lipinski definition) is 0. The monoisotopic (exact) mass is 319 g/mol. The lowest BCUT2D eigenvalue weighted by atomic mass is 9.95. The van der Waals surface area contributed by atoms with Crippen LogP contribution in [-0.2, 0) is 6.18 Å². The number of hydrogen-bond acceptors (Lipinski definition) is 3. The summed E-state index contributed by atoms with van der Waals surface area (Å²) in [4.78, 5) is 6.46. The molecule has 0 radical (unpaired) electrons. The minimum Gasteiger partial charge on any atom is -0.356 e. The molecule has 1 aromatic carbocycles. The number of aromatic nitrogens is 1. The van der Waals surface area contributed by atoms with Crippen LogP contribution < -0.4 is 4.90 Å². The first kappa shape index (κ1) is 15.6. The Bertz CT molecular complexity index is 749. The Labute approximate surface area is 132 Å². The molecule has 1 atom stereocenters. The van der Waals surface area contributed by atoms with Crippen molar-refractivity contribution in [2.45, 2.75) is 25.4 Å². The summed E-state index contributed by atoms with van der Waals surface area (Å²) >= 11 is 0. The fourth-order valence-corrected chi connectivity index (χ4v) is 3.14. The van der Waals surface area contributed by atoms with Crippen molar-refractivity contribution in [1.82, 2.24) is 4.98 Å².